The van der Waals surface area contributed by atoms with Crippen LogP contribution in [0.2, 0.25) is 0 Å². The molecule has 2 amide bonds. The van der Waals surface area contributed by atoms with Gasteiger partial charge in [-0.15, -0.1) is 0 Å². The number of carbonyl (C=O) groups is 2. The SMILES string of the molecule is NC(=O)[C@H](Cc1cccnc1Br)NC(=O)c1cccc(F)c1. The number of halogens is 2. The van der Waals surface area contributed by atoms with Crippen molar-refractivity contribution in [3.05, 3.63) is 64.1 Å². The summed E-state index contributed by atoms with van der Waals surface area (Å²) in [4.78, 5) is 27.7. The molecule has 0 fully saturated rings. The summed E-state index contributed by atoms with van der Waals surface area (Å²) in [7, 11) is 0. The Kier molecular flexibility index (Phi) is 5.21. The summed E-state index contributed by atoms with van der Waals surface area (Å²) < 4.78 is 13.7. The third-order valence-corrected chi connectivity index (χ3v) is 3.71. The summed E-state index contributed by atoms with van der Waals surface area (Å²) in [6.07, 6.45) is 1.78. The molecule has 0 aliphatic carbocycles. The maximum Gasteiger partial charge on any atom is 0.252 e. The molecule has 2 rings (SSSR count). The lowest BCUT2D eigenvalue weighted by Gasteiger charge is -2.16. The molecule has 7 heteroatoms. The molecule has 0 aliphatic heterocycles. The molecule has 1 heterocycles. The summed E-state index contributed by atoms with van der Waals surface area (Å²) in [6, 6.07) is 7.75. The second-order valence-electron chi connectivity index (χ2n) is 4.60. The highest BCUT2D eigenvalue weighted by Crippen LogP contribution is 2.15. The third kappa shape index (κ3) is 4.11. The Labute approximate surface area is 134 Å². The van der Waals surface area contributed by atoms with Crippen LogP contribution in [0, 0.1) is 5.82 Å². The van der Waals surface area contributed by atoms with Crippen LogP contribution in [-0.2, 0) is 11.2 Å². The lowest BCUT2D eigenvalue weighted by molar-refractivity contribution is -0.119. The molecule has 3 N–H and O–H groups in total. The monoisotopic (exact) mass is 365 g/mol. The van der Waals surface area contributed by atoms with E-state index in [1.54, 1.807) is 18.3 Å². The van der Waals surface area contributed by atoms with Crippen LogP contribution in [-0.4, -0.2) is 22.8 Å². The minimum atomic E-state index is -0.920. The van der Waals surface area contributed by atoms with Crippen molar-refractivity contribution < 1.29 is 14.0 Å². The zero-order chi connectivity index (χ0) is 16.1. The molecule has 1 aromatic carbocycles. The van der Waals surface area contributed by atoms with Gasteiger partial charge in [0, 0.05) is 18.2 Å². The van der Waals surface area contributed by atoms with Gasteiger partial charge in [-0.25, -0.2) is 9.37 Å². The van der Waals surface area contributed by atoms with Gasteiger partial charge in [-0.05, 0) is 45.8 Å². The molecule has 114 valence electrons. The van der Waals surface area contributed by atoms with Gasteiger partial charge in [-0.3, -0.25) is 9.59 Å². The number of rotatable bonds is 5. The van der Waals surface area contributed by atoms with Gasteiger partial charge in [-0.1, -0.05) is 12.1 Å². The van der Waals surface area contributed by atoms with E-state index in [1.807, 2.05) is 0 Å². The highest BCUT2D eigenvalue weighted by atomic mass is 79.9. The van der Waals surface area contributed by atoms with E-state index in [9.17, 15) is 14.0 Å². The first-order valence-corrected chi connectivity index (χ1v) is 7.22. The van der Waals surface area contributed by atoms with Crippen molar-refractivity contribution >= 4 is 27.7 Å². The van der Waals surface area contributed by atoms with Gasteiger partial charge in [0.2, 0.25) is 5.91 Å². The Bertz CT molecular complexity index is 709. The lowest BCUT2D eigenvalue weighted by atomic mass is 10.1. The quantitative estimate of drug-likeness (QED) is 0.792. The van der Waals surface area contributed by atoms with E-state index < -0.39 is 23.7 Å². The highest BCUT2D eigenvalue weighted by molar-refractivity contribution is 9.10. The topological polar surface area (TPSA) is 85.1 Å². The number of nitrogens with zero attached hydrogens (tertiary/aromatic N) is 1. The second-order valence-corrected chi connectivity index (χ2v) is 5.35. The first kappa shape index (κ1) is 16.1. The average Bonchev–Trinajstić information content (AvgIpc) is 2.48. The maximum atomic E-state index is 13.1. The number of amides is 2. The van der Waals surface area contributed by atoms with E-state index >= 15 is 0 Å². The van der Waals surface area contributed by atoms with E-state index in [0.717, 1.165) is 11.6 Å². The van der Waals surface area contributed by atoms with E-state index in [2.05, 4.69) is 26.2 Å². The molecular weight excluding hydrogens is 353 g/mol. The van der Waals surface area contributed by atoms with E-state index in [0.29, 0.717) is 4.60 Å². The van der Waals surface area contributed by atoms with E-state index in [-0.39, 0.29) is 12.0 Å². The summed E-state index contributed by atoms with van der Waals surface area (Å²) in [5.41, 5.74) is 6.18. The minimum Gasteiger partial charge on any atom is -0.368 e. The van der Waals surface area contributed by atoms with Crippen LogP contribution >= 0.6 is 15.9 Å². The first-order valence-electron chi connectivity index (χ1n) is 6.42. The Morgan fingerprint density at radius 2 is 2.09 bits per heavy atom. The largest absolute Gasteiger partial charge is 0.368 e. The van der Waals surface area contributed by atoms with Gasteiger partial charge in [-0.2, -0.15) is 0 Å². The fourth-order valence-corrected chi connectivity index (χ4v) is 2.30. The highest BCUT2D eigenvalue weighted by Gasteiger charge is 2.20. The number of nitrogens with two attached hydrogens (primary N) is 1. The molecule has 0 aliphatic rings. The Hall–Kier alpha value is -2.28. The molecule has 1 aromatic heterocycles. The Balaban J connectivity index is 2.14. The standard InChI is InChI=1S/C15H13BrFN3O2/c16-13-9(4-2-6-19-13)8-12(14(18)21)20-15(22)10-3-1-5-11(17)7-10/h1-7,12H,8H2,(H2,18,21)(H,20,22)/t12-/m0/s1. The van der Waals surface area contributed by atoms with Crippen molar-refractivity contribution in [2.24, 2.45) is 5.73 Å². The van der Waals surface area contributed by atoms with Crippen molar-refractivity contribution in [3.63, 3.8) is 0 Å². The molecular formula is C15H13BrFN3O2. The normalized spacial score (nSPS) is 11.7. The van der Waals surface area contributed by atoms with E-state index in [1.165, 1.54) is 18.2 Å². The van der Waals surface area contributed by atoms with Gasteiger partial charge < -0.3 is 11.1 Å². The fourth-order valence-electron chi connectivity index (χ4n) is 1.89. The molecule has 0 radical (unpaired) electrons. The van der Waals surface area contributed by atoms with Crippen LogP contribution in [0.4, 0.5) is 4.39 Å². The number of aromatic nitrogens is 1. The lowest BCUT2D eigenvalue weighted by Crippen LogP contribution is -2.46. The number of primary amides is 1. The van der Waals surface area contributed by atoms with Crippen molar-refractivity contribution in [3.8, 4) is 0 Å². The van der Waals surface area contributed by atoms with Gasteiger partial charge in [0.1, 0.15) is 16.5 Å². The zero-order valence-corrected chi connectivity index (χ0v) is 13.0. The van der Waals surface area contributed by atoms with Crippen LogP contribution in [0.5, 0.6) is 0 Å². The molecule has 0 unspecified atom stereocenters. The summed E-state index contributed by atoms with van der Waals surface area (Å²) in [6.45, 7) is 0. The van der Waals surface area contributed by atoms with Crippen LogP contribution in [0.25, 0.3) is 0 Å². The predicted octanol–water partition coefficient (Wildman–Crippen LogP) is 1.81. The Morgan fingerprint density at radius 1 is 1.32 bits per heavy atom. The van der Waals surface area contributed by atoms with Gasteiger partial charge >= 0.3 is 0 Å². The second kappa shape index (κ2) is 7.13. The fraction of sp³-hybridized carbons (Fsp3) is 0.133. The molecule has 1 atom stereocenters. The maximum absolute atomic E-state index is 13.1. The minimum absolute atomic E-state index is 0.122. The third-order valence-electron chi connectivity index (χ3n) is 3.00. The number of benzene rings is 1. The Morgan fingerprint density at radius 3 is 2.73 bits per heavy atom. The van der Waals surface area contributed by atoms with Crippen molar-refractivity contribution in [1.82, 2.24) is 10.3 Å². The number of nitrogens with one attached hydrogen (secondary N) is 1. The van der Waals surface area contributed by atoms with Gasteiger partial charge in [0.05, 0.1) is 0 Å². The number of carbonyl (C=O) groups excluding carboxylic acids is 2. The van der Waals surface area contributed by atoms with Crippen molar-refractivity contribution in [2.45, 2.75) is 12.5 Å². The number of pyridine rings is 1. The summed E-state index contributed by atoms with van der Waals surface area (Å²) in [5, 5.41) is 2.51. The van der Waals surface area contributed by atoms with Crippen molar-refractivity contribution in [2.75, 3.05) is 0 Å². The molecule has 0 saturated heterocycles. The van der Waals surface area contributed by atoms with Gasteiger partial charge in [0.15, 0.2) is 0 Å². The average molecular weight is 366 g/mol. The van der Waals surface area contributed by atoms with Crippen molar-refractivity contribution in [1.29, 1.82) is 0 Å². The van der Waals surface area contributed by atoms with Crippen LogP contribution in [0.1, 0.15) is 15.9 Å². The molecule has 22 heavy (non-hydrogen) atoms. The number of hydrogen-bond donors (Lipinski definition) is 2. The first-order chi connectivity index (χ1) is 10.5. The number of hydrogen-bond acceptors (Lipinski definition) is 3. The molecule has 2 aromatic rings. The van der Waals surface area contributed by atoms with Crippen LogP contribution < -0.4 is 11.1 Å². The van der Waals surface area contributed by atoms with E-state index in [4.69, 9.17) is 5.73 Å². The molecule has 5 nitrogen and oxygen atoms in total. The molecule has 0 spiro atoms. The predicted molar refractivity (Wildman–Crippen MR) is 82.5 cm³/mol. The zero-order valence-electron chi connectivity index (χ0n) is 11.4. The molecule has 0 saturated carbocycles. The van der Waals surface area contributed by atoms with Gasteiger partial charge in [0.25, 0.3) is 5.91 Å². The van der Waals surface area contributed by atoms with Crippen LogP contribution in [0.3, 0.4) is 0 Å². The summed E-state index contributed by atoms with van der Waals surface area (Å²) in [5.74, 6) is -1.78. The molecule has 0 bridgehead atoms. The van der Waals surface area contributed by atoms with Crippen LogP contribution in [0.15, 0.2) is 47.2 Å². The summed E-state index contributed by atoms with van der Waals surface area (Å²) >= 11 is 3.27. The smallest absolute Gasteiger partial charge is 0.252 e.